The molecular formula is C36H38FN3O2. The Morgan fingerprint density at radius 1 is 0.881 bits per heavy atom. The number of halogens is 1. The molecule has 6 rings (SSSR count). The molecule has 4 aromatic rings. The number of urea groups is 1. The lowest BCUT2D eigenvalue weighted by atomic mass is 9.88. The molecule has 2 unspecified atom stereocenters. The molecule has 4 aromatic carbocycles. The first kappa shape index (κ1) is 28.1. The first-order chi connectivity index (χ1) is 20.5. The number of carbonyl (C=O) groups is 1. The van der Waals surface area contributed by atoms with Crippen LogP contribution in [0.2, 0.25) is 0 Å². The van der Waals surface area contributed by atoms with Gasteiger partial charge in [0.2, 0.25) is 0 Å². The van der Waals surface area contributed by atoms with E-state index in [0.29, 0.717) is 19.4 Å². The van der Waals surface area contributed by atoms with E-state index < -0.39 is 5.54 Å². The number of hydrogen-bond donors (Lipinski definition) is 2. The van der Waals surface area contributed by atoms with Crippen LogP contribution in [0, 0.1) is 5.82 Å². The van der Waals surface area contributed by atoms with Crippen molar-refractivity contribution >= 4 is 6.03 Å². The van der Waals surface area contributed by atoms with Gasteiger partial charge in [-0.25, -0.2) is 9.18 Å². The summed E-state index contributed by atoms with van der Waals surface area (Å²) in [4.78, 5) is 18.4. The number of carbonyl (C=O) groups excluding carboxylic acids is 1. The Hall–Kier alpha value is -4.00. The molecule has 3 atom stereocenters. The van der Waals surface area contributed by atoms with Gasteiger partial charge in [0.25, 0.3) is 0 Å². The van der Waals surface area contributed by atoms with E-state index in [0.717, 1.165) is 37.1 Å². The summed E-state index contributed by atoms with van der Waals surface area (Å²) in [5.74, 6) is -0.300. The van der Waals surface area contributed by atoms with Crippen LogP contribution in [0.4, 0.5) is 9.18 Å². The second-order valence-electron chi connectivity index (χ2n) is 11.7. The lowest BCUT2D eigenvalue weighted by Gasteiger charge is -2.40. The highest BCUT2D eigenvalue weighted by atomic mass is 19.1. The highest BCUT2D eigenvalue weighted by Gasteiger charge is 2.44. The number of aliphatic hydroxyl groups is 1. The number of nitrogens with zero attached hydrogens (tertiary/aromatic N) is 2. The van der Waals surface area contributed by atoms with Crippen molar-refractivity contribution in [3.05, 3.63) is 143 Å². The average molecular weight is 564 g/mol. The summed E-state index contributed by atoms with van der Waals surface area (Å²) >= 11 is 0. The van der Waals surface area contributed by atoms with Crippen LogP contribution >= 0.6 is 0 Å². The van der Waals surface area contributed by atoms with Gasteiger partial charge in [-0.15, -0.1) is 0 Å². The van der Waals surface area contributed by atoms with Gasteiger partial charge in [0.15, 0.2) is 0 Å². The Morgan fingerprint density at radius 2 is 1.50 bits per heavy atom. The third-order valence-electron chi connectivity index (χ3n) is 8.96. The highest BCUT2D eigenvalue weighted by molar-refractivity contribution is 5.77. The van der Waals surface area contributed by atoms with Crippen molar-refractivity contribution in [3.63, 3.8) is 0 Å². The molecule has 0 spiro atoms. The van der Waals surface area contributed by atoms with Gasteiger partial charge in [-0.2, -0.15) is 0 Å². The second-order valence-corrected chi connectivity index (χ2v) is 11.7. The Labute approximate surface area is 247 Å². The van der Waals surface area contributed by atoms with E-state index in [2.05, 4.69) is 70.9 Å². The summed E-state index contributed by atoms with van der Waals surface area (Å²) in [6.07, 6.45) is 2.99. The van der Waals surface area contributed by atoms with Crippen LogP contribution < -0.4 is 5.32 Å². The third-order valence-corrected chi connectivity index (χ3v) is 8.96. The largest absolute Gasteiger partial charge is 0.394 e. The van der Waals surface area contributed by atoms with Gasteiger partial charge >= 0.3 is 6.03 Å². The van der Waals surface area contributed by atoms with Crippen LogP contribution in [0.1, 0.15) is 53.1 Å². The normalized spacial score (nSPS) is 21.7. The minimum absolute atomic E-state index is 0.120. The molecule has 0 bridgehead atoms. The van der Waals surface area contributed by atoms with E-state index in [1.54, 1.807) is 12.1 Å². The summed E-state index contributed by atoms with van der Waals surface area (Å²) in [5, 5.41) is 14.0. The molecule has 216 valence electrons. The fourth-order valence-electron chi connectivity index (χ4n) is 6.74. The van der Waals surface area contributed by atoms with Crippen LogP contribution in [-0.4, -0.2) is 45.7 Å². The summed E-state index contributed by atoms with van der Waals surface area (Å²) in [6.45, 7) is 2.02. The van der Waals surface area contributed by atoms with Crippen molar-refractivity contribution < 1.29 is 14.3 Å². The van der Waals surface area contributed by atoms with Gasteiger partial charge in [0.05, 0.1) is 18.2 Å². The van der Waals surface area contributed by atoms with Gasteiger partial charge in [-0.3, -0.25) is 4.90 Å². The van der Waals surface area contributed by atoms with Crippen molar-refractivity contribution in [2.45, 2.75) is 56.4 Å². The minimum atomic E-state index is -0.711. The van der Waals surface area contributed by atoms with Crippen molar-refractivity contribution in [3.8, 4) is 0 Å². The minimum Gasteiger partial charge on any atom is -0.394 e. The van der Waals surface area contributed by atoms with Crippen LogP contribution in [0.5, 0.6) is 0 Å². The predicted molar refractivity (Wildman–Crippen MR) is 163 cm³/mol. The van der Waals surface area contributed by atoms with Crippen molar-refractivity contribution in [2.24, 2.45) is 0 Å². The maximum absolute atomic E-state index is 14.1. The molecule has 1 saturated carbocycles. The molecule has 6 heteroatoms. The van der Waals surface area contributed by atoms with Crippen molar-refractivity contribution in [2.75, 3.05) is 13.2 Å². The molecule has 1 aliphatic heterocycles. The van der Waals surface area contributed by atoms with Gasteiger partial charge in [0.1, 0.15) is 5.82 Å². The molecule has 5 nitrogen and oxygen atoms in total. The summed E-state index contributed by atoms with van der Waals surface area (Å²) < 4.78 is 13.8. The number of fused-ring (bicyclic) bond motifs is 1. The van der Waals surface area contributed by atoms with E-state index >= 15 is 0 Å². The molecule has 0 saturated heterocycles. The number of hydrogen-bond acceptors (Lipinski definition) is 3. The van der Waals surface area contributed by atoms with Crippen LogP contribution in [0.3, 0.4) is 0 Å². The average Bonchev–Trinajstić information content (AvgIpc) is 3.46. The molecule has 0 aromatic heterocycles. The van der Waals surface area contributed by atoms with Crippen LogP contribution in [0.15, 0.2) is 109 Å². The third kappa shape index (κ3) is 6.10. The van der Waals surface area contributed by atoms with Gasteiger partial charge < -0.3 is 15.3 Å². The number of nitrogens with one attached hydrogen (secondary N) is 1. The van der Waals surface area contributed by atoms with Crippen LogP contribution in [0.25, 0.3) is 0 Å². The zero-order chi connectivity index (χ0) is 28.9. The van der Waals surface area contributed by atoms with E-state index in [1.807, 2.05) is 29.2 Å². The number of benzene rings is 4. The number of rotatable bonds is 8. The maximum atomic E-state index is 14.1. The molecule has 2 aliphatic rings. The van der Waals surface area contributed by atoms with Crippen molar-refractivity contribution in [1.29, 1.82) is 0 Å². The molecule has 2 amide bonds. The Morgan fingerprint density at radius 3 is 2.14 bits per heavy atom. The van der Waals surface area contributed by atoms with Gasteiger partial charge in [-0.05, 0) is 65.6 Å². The second kappa shape index (κ2) is 12.5. The quantitative estimate of drug-likeness (QED) is 0.258. The molecule has 2 N–H and O–H groups in total. The standard InChI is InChI=1S/C36H38FN3O2/c37-31-17-15-30(16-18-31)34-33-14-8-7-13-29(33)20-22-40(34)35(42)38-36(26-41)21-19-32(23-36)39(24-27-9-3-1-4-10-27)25-28-11-5-2-6-12-28/h1-18,32,34,41H,19-26H2,(H,38,42)/t32?,34-,36?/m0/s1. The van der Waals surface area contributed by atoms with Gasteiger partial charge in [-0.1, -0.05) is 97.1 Å². The molecule has 1 heterocycles. The molecule has 42 heavy (non-hydrogen) atoms. The molecular weight excluding hydrogens is 525 g/mol. The Kier molecular flexibility index (Phi) is 8.36. The van der Waals surface area contributed by atoms with E-state index in [9.17, 15) is 14.3 Å². The first-order valence-corrected chi connectivity index (χ1v) is 14.9. The van der Waals surface area contributed by atoms with E-state index in [1.165, 1.54) is 28.8 Å². The summed E-state index contributed by atoms with van der Waals surface area (Å²) in [5.41, 5.74) is 4.91. The SMILES string of the molecule is O=C(NC1(CO)CCC(N(Cc2ccccc2)Cc2ccccc2)C1)N1CCc2ccccc2[C@@H]1c1ccc(F)cc1. The maximum Gasteiger partial charge on any atom is 0.318 e. The Bertz CT molecular complexity index is 1440. The fourth-order valence-corrected chi connectivity index (χ4v) is 6.74. The zero-order valence-electron chi connectivity index (χ0n) is 23.8. The van der Waals surface area contributed by atoms with Gasteiger partial charge in [0, 0.05) is 25.7 Å². The predicted octanol–water partition coefficient (Wildman–Crippen LogP) is 6.47. The summed E-state index contributed by atoms with van der Waals surface area (Å²) in [6, 6.07) is 35.2. The zero-order valence-corrected chi connectivity index (χ0v) is 23.8. The highest BCUT2D eigenvalue weighted by Crippen LogP contribution is 2.38. The van der Waals surface area contributed by atoms with E-state index in [-0.39, 0.29) is 30.5 Å². The lowest BCUT2D eigenvalue weighted by molar-refractivity contribution is 0.122. The molecule has 0 radical (unpaired) electrons. The fraction of sp³-hybridized carbons (Fsp3) is 0.306. The lowest BCUT2D eigenvalue weighted by Crippen LogP contribution is -2.56. The summed E-state index contributed by atoms with van der Waals surface area (Å²) in [7, 11) is 0. The topological polar surface area (TPSA) is 55.8 Å². The smallest absolute Gasteiger partial charge is 0.318 e. The number of amides is 2. The first-order valence-electron chi connectivity index (χ1n) is 14.9. The van der Waals surface area contributed by atoms with Crippen molar-refractivity contribution in [1.82, 2.24) is 15.1 Å². The molecule has 1 fully saturated rings. The van der Waals surface area contributed by atoms with Crippen LogP contribution in [-0.2, 0) is 19.5 Å². The number of aliphatic hydroxyl groups excluding tert-OH is 1. The monoisotopic (exact) mass is 563 g/mol. The van der Waals surface area contributed by atoms with E-state index in [4.69, 9.17) is 0 Å². The Balaban J connectivity index is 1.23. The molecule has 1 aliphatic carbocycles.